The maximum atomic E-state index is 12.0. The van der Waals surface area contributed by atoms with E-state index in [9.17, 15) is 5.11 Å². The number of methoxy groups -OCH3 is 1. The molecule has 1 unspecified atom stereocenters. The van der Waals surface area contributed by atoms with E-state index in [1.807, 2.05) is 42.5 Å². The second-order valence-corrected chi connectivity index (χ2v) is 8.09. The van der Waals surface area contributed by atoms with Crippen LogP contribution in [0, 0.1) is 0 Å². The summed E-state index contributed by atoms with van der Waals surface area (Å²) in [6.07, 6.45) is 3.31. The van der Waals surface area contributed by atoms with Crippen LogP contribution in [0.4, 0.5) is 5.69 Å². The molecule has 0 spiro atoms. The van der Waals surface area contributed by atoms with Crippen molar-refractivity contribution in [1.29, 1.82) is 0 Å². The zero-order valence-corrected chi connectivity index (χ0v) is 19.3. The minimum Gasteiger partial charge on any atom is -1.00 e. The maximum Gasteiger partial charge on any atom is 0.275 e. The molecule has 31 heavy (non-hydrogen) atoms. The number of nitrogens with zero attached hydrogens (tertiary/aromatic N) is 2. The molecule has 0 fully saturated rings. The van der Waals surface area contributed by atoms with E-state index in [0.717, 1.165) is 42.0 Å². The summed E-state index contributed by atoms with van der Waals surface area (Å²) in [5.41, 5.74) is 3.15. The Morgan fingerprint density at radius 2 is 1.55 bits per heavy atom. The van der Waals surface area contributed by atoms with Crippen LogP contribution in [0.3, 0.4) is 0 Å². The van der Waals surface area contributed by atoms with E-state index >= 15 is 0 Å². The quantitative estimate of drug-likeness (QED) is 0.578. The number of rotatable bonds is 4. The standard InChI is InChI=1S/C26H27N2O2.BrH/c1-30-24-16-14-23(15-17-24)28-25-9-5-6-18-27(25)19-26(28,29)22-12-10-21(11-13-22)20-7-3-2-4-8-20;/h2-4,7-8,10-17,29H,5-6,9,18-19H2,1H3;1H/q+1;/p-1. The van der Waals surface area contributed by atoms with Gasteiger partial charge in [-0.05, 0) is 48.2 Å². The lowest BCUT2D eigenvalue weighted by Gasteiger charge is -2.29. The molecule has 160 valence electrons. The molecule has 1 atom stereocenters. The van der Waals surface area contributed by atoms with Crippen LogP contribution in [0.2, 0.25) is 0 Å². The molecule has 5 heteroatoms. The fraction of sp³-hybridized carbons (Fsp3) is 0.269. The third-order valence-corrected chi connectivity index (χ3v) is 6.27. The minimum atomic E-state index is -1.09. The lowest BCUT2D eigenvalue weighted by atomic mass is 9.97. The highest BCUT2D eigenvalue weighted by Crippen LogP contribution is 2.39. The second kappa shape index (κ2) is 8.85. The van der Waals surface area contributed by atoms with Crippen LogP contribution in [0.5, 0.6) is 5.75 Å². The predicted molar refractivity (Wildman–Crippen MR) is 120 cm³/mol. The molecule has 0 saturated heterocycles. The molecule has 2 heterocycles. The van der Waals surface area contributed by atoms with Gasteiger partial charge in [0.2, 0.25) is 0 Å². The van der Waals surface area contributed by atoms with Crippen molar-refractivity contribution in [2.45, 2.75) is 25.0 Å². The van der Waals surface area contributed by atoms with Crippen LogP contribution < -0.4 is 26.6 Å². The Morgan fingerprint density at radius 3 is 2.23 bits per heavy atom. The summed E-state index contributed by atoms with van der Waals surface area (Å²) < 4.78 is 7.68. The highest BCUT2D eigenvalue weighted by Gasteiger charge is 2.54. The van der Waals surface area contributed by atoms with Crippen LogP contribution in [-0.4, -0.2) is 35.7 Å². The number of benzene rings is 3. The van der Waals surface area contributed by atoms with Gasteiger partial charge >= 0.3 is 0 Å². The van der Waals surface area contributed by atoms with Gasteiger partial charge in [0, 0.05) is 12.0 Å². The summed E-state index contributed by atoms with van der Waals surface area (Å²) in [6.45, 7) is 1.57. The topological polar surface area (TPSA) is 35.7 Å². The van der Waals surface area contributed by atoms with E-state index in [1.54, 1.807) is 7.11 Å². The van der Waals surface area contributed by atoms with Crippen LogP contribution in [0.25, 0.3) is 11.1 Å². The van der Waals surface area contributed by atoms with Crippen molar-refractivity contribution in [1.82, 2.24) is 0 Å². The molecule has 2 aliphatic heterocycles. The molecule has 5 rings (SSSR count). The monoisotopic (exact) mass is 478 g/mol. The number of ether oxygens (including phenoxy) is 1. The van der Waals surface area contributed by atoms with Crippen molar-refractivity contribution in [3.05, 3.63) is 84.4 Å². The van der Waals surface area contributed by atoms with Gasteiger partial charge in [0.05, 0.1) is 13.7 Å². The number of anilines is 1. The van der Waals surface area contributed by atoms with Crippen molar-refractivity contribution in [2.24, 2.45) is 0 Å². The van der Waals surface area contributed by atoms with Crippen molar-refractivity contribution in [2.75, 3.05) is 25.1 Å². The summed E-state index contributed by atoms with van der Waals surface area (Å²) in [6, 6.07) is 26.7. The largest absolute Gasteiger partial charge is 1.00 e. The first-order valence-corrected chi connectivity index (χ1v) is 10.6. The summed E-state index contributed by atoms with van der Waals surface area (Å²) in [5.74, 6) is 2.03. The summed E-state index contributed by atoms with van der Waals surface area (Å²) in [7, 11) is 1.67. The molecular formula is C26H27BrN2O2. The highest BCUT2D eigenvalue weighted by molar-refractivity contribution is 5.97. The Balaban J connectivity index is 0.00000231. The third kappa shape index (κ3) is 3.88. The van der Waals surface area contributed by atoms with E-state index < -0.39 is 5.72 Å². The fourth-order valence-corrected chi connectivity index (χ4v) is 4.72. The first kappa shape index (κ1) is 21.6. The Morgan fingerprint density at radius 1 is 0.871 bits per heavy atom. The number of halogens is 1. The zero-order valence-electron chi connectivity index (χ0n) is 17.7. The summed E-state index contributed by atoms with van der Waals surface area (Å²) >= 11 is 0. The molecular weight excluding hydrogens is 452 g/mol. The van der Waals surface area contributed by atoms with Gasteiger partial charge < -0.3 is 26.8 Å². The molecule has 0 bridgehead atoms. The van der Waals surface area contributed by atoms with Crippen LogP contribution in [0.1, 0.15) is 24.8 Å². The van der Waals surface area contributed by atoms with E-state index in [-0.39, 0.29) is 17.0 Å². The van der Waals surface area contributed by atoms with E-state index in [4.69, 9.17) is 4.74 Å². The number of hydrogen-bond donors (Lipinski definition) is 1. The number of hydrogen-bond acceptors (Lipinski definition) is 3. The molecule has 0 saturated carbocycles. The maximum absolute atomic E-state index is 12.0. The molecule has 2 aliphatic rings. The van der Waals surface area contributed by atoms with Gasteiger partial charge in [0.25, 0.3) is 11.6 Å². The molecule has 0 amide bonds. The van der Waals surface area contributed by atoms with Crippen molar-refractivity contribution in [3.8, 4) is 16.9 Å². The molecule has 4 nitrogen and oxygen atoms in total. The molecule has 0 radical (unpaired) electrons. The second-order valence-electron chi connectivity index (χ2n) is 8.09. The first-order chi connectivity index (χ1) is 14.7. The van der Waals surface area contributed by atoms with Gasteiger partial charge in [0.15, 0.2) is 6.54 Å². The fourth-order valence-electron chi connectivity index (χ4n) is 4.72. The SMILES string of the molecule is COc1ccc(N2C3=[N+](CCCC3)CC2(O)c2ccc(-c3ccccc3)cc2)cc1.[Br-]. The summed E-state index contributed by atoms with van der Waals surface area (Å²) in [5, 5.41) is 12.0. The van der Waals surface area contributed by atoms with E-state index in [2.05, 4.69) is 45.9 Å². The van der Waals surface area contributed by atoms with Gasteiger partial charge in [-0.15, -0.1) is 0 Å². The predicted octanol–water partition coefficient (Wildman–Crippen LogP) is 1.63. The molecule has 0 aromatic heterocycles. The molecule has 3 aromatic rings. The van der Waals surface area contributed by atoms with Gasteiger partial charge in [-0.1, -0.05) is 54.6 Å². The lowest BCUT2D eigenvalue weighted by Crippen LogP contribution is -3.00. The molecule has 1 N–H and O–H groups in total. The normalized spacial score (nSPS) is 20.3. The zero-order chi connectivity index (χ0) is 20.6. The van der Waals surface area contributed by atoms with Crippen LogP contribution in [0.15, 0.2) is 78.9 Å². The van der Waals surface area contributed by atoms with Crippen LogP contribution >= 0.6 is 0 Å². The Hall–Kier alpha value is -2.63. The number of aliphatic hydroxyl groups is 1. The van der Waals surface area contributed by atoms with E-state index in [0.29, 0.717) is 6.54 Å². The third-order valence-electron chi connectivity index (χ3n) is 6.27. The van der Waals surface area contributed by atoms with Crippen molar-refractivity contribution >= 4 is 11.5 Å². The lowest BCUT2D eigenvalue weighted by molar-refractivity contribution is -0.538. The van der Waals surface area contributed by atoms with Gasteiger partial charge in [-0.3, -0.25) is 4.58 Å². The summed E-state index contributed by atoms with van der Waals surface area (Å²) in [4.78, 5) is 2.13. The Bertz CT molecular complexity index is 1060. The Labute approximate surface area is 194 Å². The smallest absolute Gasteiger partial charge is 0.275 e. The average Bonchev–Trinajstić information content (AvgIpc) is 3.13. The number of amidine groups is 1. The molecule has 3 aromatic carbocycles. The van der Waals surface area contributed by atoms with E-state index in [1.165, 1.54) is 17.8 Å². The van der Waals surface area contributed by atoms with Gasteiger partial charge in [0.1, 0.15) is 11.4 Å². The van der Waals surface area contributed by atoms with Gasteiger partial charge in [-0.25, -0.2) is 0 Å². The van der Waals surface area contributed by atoms with Crippen molar-refractivity contribution < 1.29 is 31.4 Å². The first-order valence-electron chi connectivity index (χ1n) is 10.6. The van der Waals surface area contributed by atoms with Gasteiger partial charge in [-0.2, -0.15) is 4.90 Å². The average molecular weight is 479 g/mol. The van der Waals surface area contributed by atoms with Crippen LogP contribution in [-0.2, 0) is 5.72 Å². The Kier molecular flexibility index (Phi) is 6.17. The van der Waals surface area contributed by atoms with Crippen molar-refractivity contribution in [3.63, 3.8) is 0 Å². The highest BCUT2D eigenvalue weighted by atomic mass is 79.9. The minimum absolute atomic E-state index is 0. The molecule has 0 aliphatic carbocycles.